The second-order valence-corrected chi connectivity index (χ2v) is 5.68. The zero-order valence-corrected chi connectivity index (χ0v) is 13.5. The fraction of sp³-hybridized carbons (Fsp3) is 0.278. The number of aromatic nitrogens is 1. The monoisotopic (exact) mass is 329 g/mol. The summed E-state index contributed by atoms with van der Waals surface area (Å²) in [4.78, 5) is 26.2. The third-order valence-corrected chi connectivity index (χ3v) is 3.46. The second-order valence-electron chi connectivity index (χ2n) is 5.68. The van der Waals surface area contributed by atoms with E-state index in [9.17, 15) is 14.7 Å². The van der Waals surface area contributed by atoms with Crippen LogP contribution in [0.2, 0.25) is 0 Å². The minimum Gasteiger partial charge on any atom is -0.505 e. The highest BCUT2D eigenvalue weighted by atomic mass is 16.5. The number of carbonyl (C=O) groups is 2. The van der Waals surface area contributed by atoms with Crippen LogP contribution in [0.25, 0.3) is 0 Å². The lowest BCUT2D eigenvalue weighted by molar-refractivity contribution is -0.136. The number of aliphatic carboxylic acids is 1. The van der Waals surface area contributed by atoms with Gasteiger partial charge in [-0.15, -0.1) is 0 Å². The highest BCUT2D eigenvalue weighted by Crippen LogP contribution is 2.27. The Hall–Kier alpha value is -2.89. The maximum absolute atomic E-state index is 11.8. The molecule has 2 aromatic rings. The third-order valence-electron chi connectivity index (χ3n) is 3.46. The Morgan fingerprint density at radius 3 is 2.33 bits per heavy atom. The number of ether oxygens (including phenoxy) is 1. The number of nitrogens with zero attached hydrogens (tertiary/aromatic N) is 1. The number of pyridine rings is 1. The quantitative estimate of drug-likeness (QED) is 0.751. The number of carboxylic acid groups (broad SMARTS) is 1. The van der Waals surface area contributed by atoms with Gasteiger partial charge in [-0.3, -0.25) is 9.59 Å². The van der Waals surface area contributed by atoms with Gasteiger partial charge < -0.3 is 14.9 Å². The summed E-state index contributed by atoms with van der Waals surface area (Å²) in [6.07, 6.45) is 0.803. The first-order chi connectivity index (χ1) is 11.4. The maximum atomic E-state index is 11.8. The zero-order chi connectivity index (χ0) is 17.7. The van der Waals surface area contributed by atoms with E-state index in [1.54, 1.807) is 0 Å². The van der Waals surface area contributed by atoms with Gasteiger partial charge in [0.05, 0.1) is 12.6 Å². The van der Waals surface area contributed by atoms with E-state index in [0.29, 0.717) is 17.4 Å². The molecule has 0 saturated carbocycles. The predicted molar refractivity (Wildman–Crippen MR) is 87.7 cm³/mol. The van der Waals surface area contributed by atoms with Crippen LogP contribution in [0.3, 0.4) is 0 Å². The van der Waals surface area contributed by atoms with E-state index in [1.807, 2.05) is 24.3 Å². The molecule has 126 valence electrons. The van der Waals surface area contributed by atoms with Crippen LogP contribution in [0.5, 0.6) is 17.2 Å². The fourth-order valence-corrected chi connectivity index (χ4v) is 2.10. The SMILES string of the molecule is CC(C)c1ccc(Oc2cnc(C(=O)CCC(=O)O)c(O)c2)cc1. The highest BCUT2D eigenvalue weighted by molar-refractivity contribution is 5.98. The van der Waals surface area contributed by atoms with E-state index in [2.05, 4.69) is 18.8 Å². The van der Waals surface area contributed by atoms with E-state index in [4.69, 9.17) is 9.84 Å². The minimum atomic E-state index is -1.08. The van der Waals surface area contributed by atoms with Crippen molar-refractivity contribution in [2.75, 3.05) is 0 Å². The highest BCUT2D eigenvalue weighted by Gasteiger charge is 2.15. The molecule has 1 aromatic carbocycles. The Morgan fingerprint density at radius 1 is 1.12 bits per heavy atom. The molecule has 6 nitrogen and oxygen atoms in total. The van der Waals surface area contributed by atoms with Crippen molar-refractivity contribution in [1.82, 2.24) is 4.98 Å². The van der Waals surface area contributed by atoms with E-state index in [0.717, 1.165) is 0 Å². The molecule has 0 saturated heterocycles. The molecule has 1 heterocycles. The summed E-state index contributed by atoms with van der Waals surface area (Å²) in [5.41, 5.74) is 1.03. The number of carboxylic acids is 1. The van der Waals surface area contributed by atoms with E-state index >= 15 is 0 Å². The molecule has 24 heavy (non-hydrogen) atoms. The fourth-order valence-electron chi connectivity index (χ4n) is 2.10. The smallest absolute Gasteiger partial charge is 0.303 e. The Kier molecular flexibility index (Phi) is 5.52. The third kappa shape index (κ3) is 4.55. The van der Waals surface area contributed by atoms with Crippen LogP contribution >= 0.6 is 0 Å². The van der Waals surface area contributed by atoms with Gasteiger partial charge >= 0.3 is 5.97 Å². The van der Waals surface area contributed by atoms with Gasteiger partial charge in [-0.05, 0) is 23.6 Å². The van der Waals surface area contributed by atoms with Crippen LogP contribution in [0.4, 0.5) is 0 Å². The van der Waals surface area contributed by atoms with Crippen LogP contribution in [-0.2, 0) is 4.79 Å². The molecule has 6 heteroatoms. The van der Waals surface area contributed by atoms with Gasteiger partial charge in [-0.1, -0.05) is 26.0 Å². The largest absolute Gasteiger partial charge is 0.505 e. The first kappa shape index (κ1) is 17.5. The average molecular weight is 329 g/mol. The van der Waals surface area contributed by atoms with Gasteiger partial charge in [0.25, 0.3) is 0 Å². The van der Waals surface area contributed by atoms with Crippen molar-refractivity contribution < 1.29 is 24.5 Å². The predicted octanol–water partition coefficient (Wildman–Crippen LogP) is 3.75. The van der Waals surface area contributed by atoms with Gasteiger partial charge in [-0.25, -0.2) is 4.98 Å². The normalized spacial score (nSPS) is 10.6. The number of hydrogen-bond acceptors (Lipinski definition) is 5. The van der Waals surface area contributed by atoms with Gasteiger partial charge in [0.2, 0.25) is 0 Å². The van der Waals surface area contributed by atoms with Gasteiger partial charge in [0, 0.05) is 12.5 Å². The van der Waals surface area contributed by atoms with Crippen molar-refractivity contribution in [1.29, 1.82) is 0 Å². The van der Waals surface area contributed by atoms with Gasteiger partial charge in [0.1, 0.15) is 22.9 Å². The number of carbonyl (C=O) groups excluding carboxylic acids is 1. The summed E-state index contributed by atoms with van der Waals surface area (Å²) in [5, 5.41) is 18.5. The summed E-state index contributed by atoms with van der Waals surface area (Å²) < 4.78 is 5.60. The minimum absolute atomic E-state index is 0.154. The molecule has 0 amide bonds. The van der Waals surface area contributed by atoms with Crippen LogP contribution in [0.15, 0.2) is 36.5 Å². The molecule has 0 bridgehead atoms. The van der Waals surface area contributed by atoms with Crippen molar-refractivity contribution in [3.8, 4) is 17.2 Å². The number of hydrogen-bond donors (Lipinski definition) is 2. The molecular formula is C18H19NO5. The molecule has 0 radical (unpaired) electrons. The van der Waals surface area contributed by atoms with Crippen molar-refractivity contribution in [3.63, 3.8) is 0 Å². The molecule has 0 atom stereocenters. The van der Waals surface area contributed by atoms with E-state index < -0.39 is 11.8 Å². The van der Waals surface area contributed by atoms with Crippen molar-refractivity contribution in [2.45, 2.75) is 32.6 Å². The van der Waals surface area contributed by atoms with Crippen molar-refractivity contribution in [2.24, 2.45) is 0 Å². The summed E-state index contributed by atoms with van der Waals surface area (Å²) in [6, 6.07) is 8.84. The lowest BCUT2D eigenvalue weighted by atomic mass is 10.0. The molecule has 2 rings (SSSR count). The Balaban J connectivity index is 2.08. The number of Topliss-reactive ketones (excluding diaryl/α,β-unsaturated/α-hetero) is 1. The summed E-state index contributed by atoms with van der Waals surface area (Å²) in [7, 11) is 0. The van der Waals surface area contributed by atoms with Crippen LogP contribution < -0.4 is 4.74 Å². The number of ketones is 1. The first-order valence-electron chi connectivity index (χ1n) is 7.58. The van der Waals surface area contributed by atoms with Crippen LogP contribution in [0.1, 0.15) is 48.7 Å². The Labute approximate surface area is 139 Å². The van der Waals surface area contributed by atoms with Gasteiger partial charge in [-0.2, -0.15) is 0 Å². The number of rotatable bonds is 7. The summed E-state index contributed by atoms with van der Waals surface area (Å²) in [6.45, 7) is 4.19. The first-order valence-corrected chi connectivity index (χ1v) is 7.58. The molecule has 0 spiro atoms. The van der Waals surface area contributed by atoms with E-state index in [-0.39, 0.29) is 24.3 Å². The number of benzene rings is 1. The van der Waals surface area contributed by atoms with Crippen molar-refractivity contribution in [3.05, 3.63) is 47.8 Å². The Morgan fingerprint density at radius 2 is 1.79 bits per heavy atom. The molecule has 0 fully saturated rings. The lowest BCUT2D eigenvalue weighted by Crippen LogP contribution is -2.06. The molecule has 0 aliphatic carbocycles. The molecule has 0 unspecified atom stereocenters. The second kappa shape index (κ2) is 7.59. The Bertz CT molecular complexity index is 738. The molecule has 2 N–H and O–H groups in total. The summed E-state index contributed by atoms with van der Waals surface area (Å²) >= 11 is 0. The van der Waals surface area contributed by atoms with Crippen molar-refractivity contribution >= 4 is 11.8 Å². The average Bonchev–Trinajstić information content (AvgIpc) is 2.53. The van der Waals surface area contributed by atoms with Crippen LogP contribution in [0, 0.1) is 0 Å². The molecular weight excluding hydrogens is 310 g/mol. The summed E-state index contributed by atoms with van der Waals surface area (Å²) in [5.74, 6) is -0.636. The standard InChI is InChI=1S/C18H19NO5/c1-11(2)12-3-5-13(6-4-12)24-14-9-16(21)18(19-10-14)15(20)7-8-17(22)23/h3-6,9-11,21H,7-8H2,1-2H3,(H,22,23). The lowest BCUT2D eigenvalue weighted by Gasteiger charge is -2.09. The van der Waals surface area contributed by atoms with Gasteiger partial charge in [0.15, 0.2) is 5.78 Å². The van der Waals surface area contributed by atoms with E-state index in [1.165, 1.54) is 17.8 Å². The number of aromatic hydroxyl groups is 1. The molecule has 1 aromatic heterocycles. The molecule has 0 aliphatic rings. The zero-order valence-electron chi connectivity index (χ0n) is 13.5. The molecule has 0 aliphatic heterocycles. The topological polar surface area (TPSA) is 96.7 Å². The maximum Gasteiger partial charge on any atom is 0.303 e. The van der Waals surface area contributed by atoms with Crippen LogP contribution in [-0.4, -0.2) is 26.9 Å².